The second-order valence-electron chi connectivity index (χ2n) is 8.23. The standard InChI is InChI=1S/C22H28N2O4S/c1-13(2)16-10-9-14(3)11-17(16)28-18(25)12-29-22-23-20(26)19(21(27)24-22)15-7-5-4-6-8-15/h4-8,13-14,16-17,19H,9-12H2,1-3H3,(H,23,24,26,27)/t14-,16+,17+/m0/s1. The lowest BCUT2D eigenvalue weighted by Gasteiger charge is -2.36. The van der Waals surface area contributed by atoms with E-state index in [-0.39, 0.29) is 23.0 Å². The molecule has 7 heteroatoms. The van der Waals surface area contributed by atoms with Gasteiger partial charge < -0.3 is 10.1 Å². The number of hydrogen-bond acceptors (Lipinski definition) is 5. The summed E-state index contributed by atoms with van der Waals surface area (Å²) in [5.41, 5.74) is 0.605. The van der Waals surface area contributed by atoms with Crippen molar-refractivity contribution in [3.8, 4) is 0 Å². The van der Waals surface area contributed by atoms with Crippen molar-refractivity contribution in [1.82, 2.24) is 5.32 Å². The number of nitrogens with one attached hydrogen (secondary N) is 1. The molecule has 4 atom stereocenters. The molecule has 3 rings (SSSR count). The quantitative estimate of drug-likeness (QED) is 0.586. The van der Waals surface area contributed by atoms with Crippen LogP contribution >= 0.6 is 11.8 Å². The normalized spacial score (nSPS) is 27.4. The van der Waals surface area contributed by atoms with E-state index in [2.05, 4.69) is 31.1 Å². The fourth-order valence-electron chi connectivity index (χ4n) is 4.07. The van der Waals surface area contributed by atoms with Crippen LogP contribution in [0.2, 0.25) is 0 Å². The summed E-state index contributed by atoms with van der Waals surface area (Å²) >= 11 is 1.03. The lowest BCUT2D eigenvalue weighted by molar-refractivity contribution is -0.152. The molecule has 29 heavy (non-hydrogen) atoms. The molecule has 1 heterocycles. The first-order valence-corrected chi connectivity index (χ1v) is 11.1. The number of thioether (sulfide) groups is 1. The van der Waals surface area contributed by atoms with Gasteiger partial charge in [0.2, 0.25) is 5.91 Å². The number of amides is 2. The van der Waals surface area contributed by atoms with E-state index in [1.807, 2.05) is 6.07 Å². The van der Waals surface area contributed by atoms with Crippen molar-refractivity contribution in [1.29, 1.82) is 0 Å². The Kier molecular flexibility index (Phi) is 7.11. The summed E-state index contributed by atoms with van der Waals surface area (Å²) in [5.74, 6) is -0.826. The molecular weight excluding hydrogens is 388 g/mol. The van der Waals surface area contributed by atoms with Gasteiger partial charge in [0, 0.05) is 0 Å². The van der Waals surface area contributed by atoms with E-state index < -0.39 is 17.7 Å². The van der Waals surface area contributed by atoms with Crippen LogP contribution in [0.4, 0.5) is 0 Å². The molecule has 0 bridgehead atoms. The van der Waals surface area contributed by atoms with E-state index in [0.29, 0.717) is 23.3 Å². The zero-order chi connectivity index (χ0) is 21.0. The lowest BCUT2D eigenvalue weighted by atomic mass is 9.75. The van der Waals surface area contributed by atoms with Crippen molar-refractivity contribution in [2.75, 3.05) is 5.75 Å². The molecule has 1 aliphatic heterocycles. The molecule has 2 amide bonds. The molecule has 2 aliphatic rings. The van der Waals surface area contributed by atoms with Gasteiger partial charge >= 0.3 is 5.97 Å². The Morgan fingerprint density at radius 3 is 2.62 bits per heavy atom. The first kappa shape index (κ1) is 21.6. The van der Waals surface area contributed by atoms with Crippen molar-refractivity contribution in [2.45, 2.75) is 52.1 Å². The third-order valence-corrected chi connectivity index (χ3v) is 6.50. The molecule has 0 aromatic heterocycles. The molecule has 0 radical (unpaired) electrons. The highest BCUT2D eigenvalue weighted by Gasteiger charge is 2.35. The molecule has 1 saturated carbocycles. The minimum absolute atomic E-state index is 0.0120. The van der Waals surface area contributed by atoms with Crippen LogP contribution in [0.15, 0.2) is 35.3 Å². The van der Waals surface area contributed by atoms with Gasteiger partial charge in [0.1, 0.15) is 12.0 Å². The maximum Gasteiger partial charge on any atom is 0.316 e. The molecule has 156 valence electrons. The summed E-state index contributed by atoms with van der Waals surface area (Å²) in [6.45, 7) is 6.52. The Bertz CT molecular complexity index is 793. The molecule has 1 aromatic carbocycles. The van der Waals surface area contributed by atoms with Gasteiger partial charge in [0.15, 0.2) is 5.17 Å². The summed E-state index contributed by atoms with van der Waals surface area (Å²) in [7, 11) is 0. The zero-order valence-corrected chi connectivity index (χ0v) is 17.9. The van der Waals surface area contributed by atoms with Gasteiger partial charge in [0.05, 0.1) is 5.75 Å². The average Bonchev–Trinajstić information content (AvgIpc) is 2.66. The van der Waals surface area contributed by atoms with Crippen LogP contribution in [0.25, 0.3) is 0 Å². The highest BCUT2D eigenvalue weighted by molar-refractivity contribution is 8.14. The lowest BCUT2D eigenvalue weighted by Crippen LogP contribution is -2.42. The number of hydrogen-bond donors (Lipinski definition) is 1. The van der Waals surface area contributed by atoms with E-state index in [0.717, 1.165) is 24.6 Å². The number of ether oxygens (including phenoxy) is 1. The minimum atomic E-state index is -0.942. The first-order valence-electron chi connectivity index (χ1n) is 10.2. The number of carbonyl (C=O) groups is 3. The van der Waals surface area contributed by atoms with Crippen LogP contribution in [-0.4, -0.2) is 34.8 Å². The summed E-state index contributed by atoms with van der Waals surface area (Å²) in [4.78, 5) is 41.1. The molecule has 0 unspecified atom stereocenters. The van der Waals surface area contributed by atoms with Gasteiger partial charge in [-0.2, -0.15) is 4.99 Å². The molecule has 1 aliphatic carbocycles. The zero-order valence-electron chi connectivity index (χ0n) is 17.1. The molecule has 1 N–H and O–H groups in total. The number of amidine groups is 1. The van der Waals surface area contributed by atoms with Crippen LogP contribution in [0, 0.1) is 17.8 Å². The van der Waals surface area contributed by atoms with Gasteiger partial charge in [0.25, 0.3) is 5.91 Å². The summed E-state index contributed by atoms with van der Waals surface area (Å²) in [6.07, 6.45) is 3.05. The highest BCUT2D eigenvalue weighted by Crippen LogP contribution is 2.35. The maximum absolute atomic E-state index is 12.4. The van der Waals surface area contributed by atoms with Gasteiger partial charge in [-0.25, -0.2) is 0 Å². The number of esters is 1. The van der Waals surface area contributed by atoms with E-state index in [9.17, 15) is 14.4 Å². The fraction of sp³-hybridized carbons (Fsp3) is 0.545. The number of nitrogens with zero attached hydrogens (tertiary/aromatic N) is 1. The number of rotatable bonds is 5. The van der Waals surface area contributed by atoms with E-state index in [1.54, 1.807) is 24.3 Å². The Labute approximate surface area is 175 Å². The summed E-state index contributed by atoms with van der Waals surface area (Å²) in [6, 6.07) is 8.82. The Morgan fingerprint density at radius 1 is 1.24 bits per heavy atom. The van der Waals surface area contributed by atoms with Crippen LogP contribution in [0.5, 0.6) is 0 Å². The van der Waals surface area contributed by atoms with Crippen molar-refractivity contribution in [3.63, 3.8) is 0 Å². The van der Waals surface area contributed by atoms with Crippen molar-refractivity contribution in [3.05, 3.63) is 35.9 Å². The van der Waals surface area contributed by atoms with Crippen LogP contribution in [0.3, 0.4) is 0 Å². The summed E-state index contributed by atoms with van der Waals surface area (Å²) in [5, 5.41) is 2.79. The van der Waals surface area contributed by atoms with E-state index in [1.165, 1.54) is 6.42 Å². The smallest absolute Gasteiger partial charge is 0.316 e. The Morgan fingerprint density at radius 2 is 1.97 bits per heavy atom. The van der Waals surface area contributed by atoms with Crippen LogP contribution in [-0.2, 0) is 19.1 Å². The number of benzene rings is 1. The summed E-state index contributed by atoms with van der Waals surface area (Å²) < 4.78 is 5.76. The third kappa shape index (κ3) is 5.47. The molecule has 1 fully saturated rings. The topological polar surface area (TPSA) is 84.8 Å². The fourth-order valence-corrected chi connectivity index (χ4v) is 4.72. The van der Waals surface area contributed by atoms with Crippen LogP contribution < -0.4 is 5.32 Å². The number of carbonyl (C=O) groups excluding carboxylic acids is 3. The minimum Gasteiger partial charge on any atom is -0.461 e. The second-order valence-corrected chi connectivity index (χ2v) is 9.20. The largest absolute Gasteiger partial charge is 0.461 e. The van der Waals surface area contributed by atoms with Gasteiger partial charge in [-0.3, -0.25) is 14.4 Å². The van der Waals surface area contributed by atoms with Crippen molar-refractivity contribution < 1.29 is 19.1 Å². The SMILES string of the molecule is CC(C)[C@H]1CC[C@H](C)C[C@H]1OC(=O)CSC1=NC(=O)[C@H](c2ccccc2)C(=O)N1. The molecule has 1 aromatic rings. The maximum atomic E-state index is 12.4. The van der Waals surface area contributed by atoms with Crippen molar-refractivity contribution >= 4 is 34.7 Å². The highest BCUT2D eigenvalue weighted by atomic mass is 32.2. The monoisotopic (exact) mass is 416 g/mol. The van der Waals surface area contributed by atoms with Gasteiger partial charge in [-0.1, -0.05) is 69.3 Å². The number of aliphatic imine (C=N–C) groups is 1. The Hall–Kier alpha value is -2.15. The predicted octanol–water partition coefficient (Wildman–Crippen LogP) is 3.52. The van der Waals surface area contributed by atoms with Gasteiger partial charge in [-0.15, -0.1) is 0 Å². The van der Waals surface area contributed by atoms with Gasteiger partial charge in [-0.05, 0) is 36.2 Å². The second kappa shape index (κ2) is 9.57. The van der Waals surface area contributed by atoms with E-state index >= 15 is 0 Å². The first-order chi connectivity index (χ1) is 13.8. The Balaban J connectivity index is 1.56. The predicted molar refractivity (Wildman–Crippen MR) is 113 cm³/mol. The average molecular weight is 417 g/mol. The molecule has 0 spiro atoms. The molecular formula is C22H28N2O4S. The third-order valence-electron chi connectivity index (χ3n) is 5.65. The molecule has 6 nitrogen and oxygen atoms in total. The van der Waals surface area contributed by atoms with Crippen LogP contribution in [0.1, 0.15) is 51.5 Å². The van der Waals surface area contributed by atoms with E-state index in [4.69, 9.17) is 4.74 Å². The molecule has 0 saturated heterocycles. The van der Waals surface area contributed by atoms with Crippen molar-refractivity contribution in [2.24, 2.45) is 22.7 Å².